The Balaban J connectivity index is 2.44. The first-order chi connectivity index (χ1) is 7.36. The van der Waals surface area contributed by atoms with Gasteiger partial charge in [-0.25, -0.2) is 0 Å². The van der Waals surface area contributed by atoms with Crippen LogP contribution in [0.25, 0.3) is 0 Å². The van der Waals surface area contributed by atoms with E-state index < -0.39 is 0 Å². The minimum atomic E-state index is 0.938. The SMILES string of the molecule is CCN1CCCNc2c(OC)cccc21. The molecule has 0 amide bonds. The van der Waals surface area contributed by atoms with Gasteiger partial charge in [0.1, 0.15) is 11.4 Å². The van der Waals surface area contributed by atoms with Gasteiger partial charge in [-0.05, 0) is 25.5 Å². The Morgan fingerprint density at radius 1 is 1.47 bits per heavy atom. The summed E-state index contributed by atoms with van der Waals surface area (Å²) in [7, 11) is 1.72. The number of methoxy groups -OCH3 is 1. The molecule has 0 aromatic heterocycles. The fourth-order valence-electron chi connectivity index (χ4n) is 2.06. The van der Waals surface area contributed by atoms with Crippen molar-refractivity contribution < 1.29 is 4.74 Å². The van der Waals surface area contributed by atoms with Gasteiger partial charge in [-0.1, -0.05) is 6.07 Å². The monoisotopic (exact) mass is 206 g/mol. The van der Waals surface area contributed by atoms with E-state index in [0.717, 1.165) is 31.1 Å². The molecule has 0 fully saturated rings. The molecule has 1 N–H and O–H groups in total. The molecule has 0 saturated heterocycles. The molecule has 0 spiro atoms. The second-order valence-corrected chi connectivity index (χ2v) is 3.71. The number of hydrogen-bond acceptors (Lipinski definition) is 3. The van der Waals surface area contributed by atoms with Gasteiger partial charge in [-0.3, -0.25) is 0 Å². The van der Waals surface area contributed by atoms with E-state index in [1.54, 1.807) is 7.11 Å². The summed E-state index contributed by atoms with van der Waals surface area (Å²) >= 11 is 0. The lowest BCUT2D eigenvalue weighted by atomic mass is 10.2. The van der Waals surface area contributed by atoms with Crippen molar-refractivity contribution in [2.45, 2.75) is 13.3 Å². The predicted octanol–water partition coefficient (Wildman–Crippen LogP) is 2.34. The van der Waals surface area contributed by atoms with Crippen molar-refractivity contribution in [2.75, 3.05) is 37.0 Å². The maximum absolute atomic E-state index is 5.37. The van der Waals surface area contributed by atoms with Gasteiger partial charge in [0.05, 0.1) is 12.8 Å². The van der Waals surface area contributed by atoms with Crippen LogP contribution in [0.3, 0.4) is 0 Å². The van der Waals surface area contributed by atoms with Crippen molar-refractivity contribution >= 4 is 11.4 Å². The minimum Gasteiger partial charge on any atom is -0.495 e. The fraction of sp³-hybridized carbons (Fsp3) is 0.500. The van der Waals surface area contributed by atoms with Gasteiger partial charge >= 0.3 is 0 Å². The zero-order valence-corrected chi connectivity index (χ0v) is 9.42. The Kier molecular flexibility index (Phi) is 2.99. The summed E-state index contributed by atoms with van der Waals surface area (Å²) in [4.78, 5) is 2.39. The molecule has 3 nitrogen and oxygen atoms in total. The largest absolute Gasteiger partial charge is 0.495 e. The number of anilines is 2. The molecular weight excluding hydrogens is 188 g/mol. The van der Waals surface area contributed by atoms with Crippen LogP contribution in [0.15, 0.2) is 18.2 Å². The van der Waals surface area contributed by atoms with Crippen molar-refractivity contribution in [3.63, 3.8) is 0 Å². The van der Waals surface area contributed by atoms with Gasteiger partial charge in [0, 0.05) is 19.6 Å². The second-order valence-electron chi connectivity index (χ2n) is 3.71. The van der Waals surface area contributed by atoms with Crippen molar-refractivity contribution in [3.8, 4) is 5.75 Å². The van der Waals surface area contributed by atoms with E-state index in [0.29, 0.717) is 0 Å². The quantitative estimate of drug-likeness (QED) is 0.803. The average molecular weight is 206 g/mol. The lowest BCUT2D eigenvalue weighted by molar-refractivity contribution is 0.416. The summed E-state index contributed by atoms with van der Waals surface area (Å²) in [5.41, 5.74) is 2.40. The first kappa shape index (κ1) is 10.1. The molecule has 1 aromatic carbocycles. The molecule has 0 radical (unpaired) electrons. The molecule has 0 unspecified atom stereocenters. The standard InChI is InChI=1S/C12H18N2O/c1-3-14-9-5-8-13-12-10(14)6-4-7-11(12)15-2/h4,6-7,13H,3,5,8-9H2,1-2H3. The first-order valence-corrected chi connectivity index (χ1v) is 5.52. The van der Waals surface area contributed by atoms with Crippen LogP contribution in [0.4, 0.5) is 11.4 Å². The van der Waals surface area contributed by atoms with Gasteiger partial charge in [-0.2, -0.15) is 0 Å². The Labute approximate surface area is 91.0 Å². The van der Waals surface area contributed by atoms with Crippen molar-refractivity contribution in [2.24, 2.45) is 0 Å². The van der Waals surface area contributed by atoms with E-state index in [1.165, 1.54) is 12.1 Å². The van der Waals surface area contributed by atoms with Gasteiger partial charge in [-0.15, -0.1) is 0 Å². The Morgan fingerprint density at radius 2 is 2.33 bits per heavy atom. The van der Waals surface area contributed by atoms with E-state index in [9.17, 15) is 0 Å². The number of nitrogens with zero attached hydrogens (tertiary/aromatic N) is 1. The zero-order valence-electron chi connectivity index (χ0n) is 9.42. The highest BCUT2D eigenvalue weighted by atomic mass is 16.5. The molecule has 3 heteroatoms. The number of benzene rings is 1. The van der Waals surface area contributed by atoms with Gasteiger partial charge < -0.3 is 15.0 Å². The van der Waals surface area contributed by atoms with Crippen LogP contribution in [-0.2, 0) is 0 Å². The first-order valence-electron chi connectivity index (χ1n) is 5.52. The molecular formula is C12H18N2O. The van der Waals surface area contributed by atoms with E-state index in [1.807, 2.05) is 12.1 Å². The predicted molar refractivity (Wildman–Crippen MR) is 64.0 cm³/mol. The third-order valence-electron chi connectivity index (χ3n) is 2.85. The number of rotatable bonds is 2. The number of nitrogens with one attached hydrogen (secondary N) is 1. The minimum absolute atomic E-state index is 0.938. The highest BCUT2D eigenvalue weighted by Crippen LogP contribution is 2.36. The van der Waals surface area contributed by atoms with Gasteiger partial charge in [0.15, 0.2) is 0 Å². The van der Waals surface area contributed by atoms with Crippen molar-refractivity contribution in [3.05, 3.63) is 18.2 Å². The summed E-state index contributed by atoms with van der Waals surface area (Å²) in [6.07, 6.45) is 1.17. The molecule has 15 heavy (non-hydrogen) atoms. The van der Waals surface area contributed by atoms with Crippen molar-refractivity contribution in [1.29, 1.82) is 0 Å². The molecule has 2 rings (SSSR count). The maximum Gasteiger partial charge on any atom is 0.144 e. The molecule has 1 heterocycles. The molecule has 1 aromatic rings. The molecule has 0 aliphatic carbocycles. The van der Waals surface area contributed by atoms with Crippen LogP contribution >= 0.6 is 0 Å². The topological polar surface area (TPSA) is 24.5 Å². The maximum atomic E-state index is 5.37. The normalized spacial score (nSPS) is 15.2. The van der Waals surface area contributed by atoms with Crippen LogP contribution in [0, 0.1) is 0 Å². The van der Waals surface area contributed by atoms with Crippen LogP contribution in [-0.4, -0.2) is 26.7 Å². The summed E-state index contributed by atoms with van der Waals surface area (Å²) in [5, 5.41) is 3.44. The number of fused-ring (bicyclic) bond motifs is 1. The molecule has 1 aliphatic heterocycles. The Morgan fingerprint density at radius 3 is 3.07 bits per heavy atom. The zero-order chi connectivity index (χ0) is 10.7. The van der Waals surface area contributed by atoms with Crippen LogP contribution in [0.2, 0.25) is 0 Å². The fourth-order valence-corrected chi connectivity index (χ4v) is 2.06. The number of para-hydroxylation sites is 1. The van der Waals surface area contributed by atoms with Crippen LogP contribution in [0.5, 0.6) is 5.75 Å². The molecule has 0 bridgehead atoms. The number of hydrogen-bond donors (Lipinski definition) is 1. The molecule has 1 aliphatic rings. The van der Waals surface area contributed by atoms with Crippen molar-refractivity contribution in [1.82, 2.24) is 0 Å². The molecule has 0 saturated carbocycles. The van der Waals surface area contributed by atoms with Gasteiger partial charge in [0.25, 0.3) is 0 Å². The highest BCUT2D eigenvalue weighted by molar-refractivity contribution is 5.77. The van der Waals surface area contributed by atoms with E-state index in [-0.39, 0.29) is 0 Å². The summed E-state index contributed by atoms with van der Waals surface area (Å²) < 4.78 is 5.37. The lowest BCUT2D eigenvalue weighted by Gasteiger charge is -2.23. The van der Waals surface area contributed by atoms with E-state index in [2.05, 4.69) is 23.2 Å². The third kappa shape index (κ3) is 1.87. The van der Waals surface area contributed by atoms with Crippen LogP contribution in [0.1, 0.15) is 13.3 Å². The summed E-state index contributed by atoms with van der Waals surface area (Å²) in [6, 6.07) is 6.21. The van der Waals surface area contributed by atoms with E-state index in [4.69, 9.17) is 4.74 Å². The summed E-state index contributed by atoms with van der Waals surface area (Å²) in [6.45, 7) is 5.37. The Bertz CT molecular complexity index is 338. The smallest absolute Gasteiger partial charge is 0.144 e. The summed E-state index contributed by atoms with van der Waals surface area (Å²) in [5.74, 6) is 0.938. The van der Waals surface area contributed by atoms with E-state index >= 15 is 0 Å². The second kappa shape index (κ2) is 4.43. The average Bonchev–Trinajstić information content (AvgIpc) is 2.50. The number of ether oxygens (including phenoxy) is 1. The van der Waals surface area contributed by atoms with Crippen LogP contribution < -0.4 is 15.0 Å². The third-order valence-corrected chi connectivity index (χ3v) is 2.85. The van der Waals surface area contributed by atoms with Gasteiger partial charge in [0.2, 0.25) is 0 Å². The highest BCUT2D eigenvalue weighted by Gasteiger charge is 2.16. The molecule has 0 atom stereocenters. The molecule has 82 valence electrons. The Hall–Kier alpha value is -1.38. The lowest BCUT2D eigenvalue weighted by Crippen LogP contribution is -2.23.